The molecule has 3 aromatic rings. The van der Waals surface area contributed by atoms with Gasteiger partial charge in [-0.1, -0.05) is 29.5 Å². The van der Waals surface area contributed by atoms with Gasteiger partial charge in [-0.25, -0.2) is 9.48 Å². The van der Waals surface area contributed by atoms with E-state index in [9.17, 15) is 14.7 Å². The summed E-state index contributed by atoms with van der Waals surface area (Å²) in [7, 11) is 0. The van der Waals surface area contributed by atoms with Crippen LogP contribution in [0, 0.1) is 0 Å². The second kappa shape index (κ2) is 7.16. The van der Waals surface area contributed by atoms with Gasteiger partial charge in [0.05, 0.1) is 24.9 Å². The van der Waals surface area contributed by atoms with Gasteiger partial charge in [0.15, 0.2) is 5.69 Å². The maximum absolute atomic E-state index is 12.5. The summed E-state index contributed by atoms with van der Waals surface area (Å²) in [4.78, 5) is 23.4. The van der Waals surface area contributed by atoms with E-state index in [1.807, 2.05) is 24.3 Å². The van der Waals surface area contributed by atoms with E-state index >= 15 is 0 Å². The molecule has 0 saturated heterocycles. The summed E-state index contributed by atoms with van der Waals surface area (Å²) >= 11 is 0. The maximum Gasteiger partial charge on any atom is 0.358 e. The average molecular weight is 368 g/mol. The fraction of sp³-hybridized carbons (Fsp3) is 0.263. The Hall–Kier alpha value is -3.26. The van der Waals surface area contributed by atoms with Gasteiger partial charge >= 0.3 is 5.97 Å². The number of carbonyl (C=O) groups is 1. The lowest BCUT2D eigenvalue weighted by Gasteiger charge is -2.18. The van der Waals surface area contributed by atoms with Crippen LogP contribution in [-0.4, -0.2) is 35.7 Å². The van der Waals surface area contributed by atoms with Crippen molar-refractivity contribution in [1.29, 1.82) is 0 Å². The zero-order chi connectivity index (χ0) is 19.6. The number of benzene rings is 1. The monoisotopic (exact) mass is 368 g/mol. The van der Waals surface area contributed by atoms with Gasteiger partial charge in [0.1, 0.15) is 0 Å². The number of carboxylic acids is 1. The van der Waals surface area contributed by atoms with Crippen LogP contribution in [0.1, 0.15) is 41.0 Å². The van der Waals surface area contributed by atoms with Crippen LogP contribution in [0.5, 0.6) is 0 Å². The van der Waals surface area contributed by atoms with Crippen LogP contribution in [0.15, 0.2) is 53.6 Å². The Balaban J connectivity index is 1.74. The standard InChI is InChI=1S/C19H20N4O4/c1-19(2,27)15-4-3-9-22(17(15)24)10-13-5-7-14(8-6-13)11-23-12-16(18(25)26)20-21-23/h3-9,12,27H,10-11H2,1-2H3,(H,25,26). The lowest BCUT2D eigenvalue weighted by molar-refractivity contribution is 0.0689. The van der Waals surface area contributed by atoms with Crippen LogP contribution in [0.25, 0.3) is 0 Å². The molecule has 8 nitrogen and oxygen atoms in total. The molecule has 0 aliphatic carbocycles. The molecule has 0 fully saturated rings. The molecule has 27 heavy (non-hydrogen) atoms. The molecular weight excluding hydrogens is 348 g/mol. The minimum absolute atomic E-state index is 0.0994. The predicted molar refractivity (Wildman–Crippen MR) is 97.6 cm³/mol. The van der Waals surface area contributed by atoms with Crippen LogP contribution in [0.4, 0.5) is 0 Å². The molecule has 0 aliphatic rings. The van der Waals surface area contributed by atoms with E-state index in [0.29, 0.717) is 18.7 Å². The lowest BCUT2D eigenvalue weighted by atomic mass is 10.0. The van der Waals surface area contributed by atoms with Gasteiger partial charge in [0.2, 0.25) is 0 Å². The number of aliphatic hydroxyl groups is 1. The van der Waals surface area contributed by atoms with E-state index in [0.717, 1.165) is 11.1 Å². The molecule has 2 N–H and O–H groups in total. The summed E-state index contributed by atoms with van der Waals surface area (Å²) in [6.07, 6.45) is 3.06. The lowest BCUT2D eigenvalue weighted by Crippen LogP contribution is -2.31. The fourth-order valence-corrected chi connectivity index (χ4v) is 2.73. The van der Waals surface area contributed by atoms with E-state index in [1.54, 1.807) is 36.7 Å². The summed E-state index contributed by atoms with van der Waals surface area (Å²) in [6, 6.07) is 10.9. The van der Waals surface area contributed by atoms with Crippen molar-refractivity contribution in [3.05, 3.63) is 81.5 Å². The molecule has 0 unspecified atom stereocenters. The number of pyridine rings is 1. The minimum Gasteiger partial charge on any atom is -0.476 e. The van der Waals surface area contributed by atoms with Gasteiger partial charge in [-0.2, -0.15) is 0 Å². The third kappa shape index (κ3) is 4.29. The fourth-order valence-electron chi connectivity index (χ4n) is 2.73. The Morgan fingerprint density at radius 3 is 2.30 bits per heavy atom. The Morgan fingerprint density at radius 2 is 1.74 bits per heavy atom. The first-order valence-electron chi connectivity index (χ1n) is 8.37. The Kier molecular flexibility index (Phi) is 4.91. The van der Waals surface area contributed by atoms with Crippen LogP contribution in [0.3, 0.4) is 0 Å². The van der Waals surface area contributed by atoms with E-state index < -0.39 is 11.6 Å². The second-order valence-corrected chi connectivity index (χ2v) is 6.84. The topological polar surface area (TPSA) is 110 Å². The third-order valence-corrected chi connectivity index (χ3v) is 4.16. The first-order valence-corrected chi connectivity index (χ1v) is 8.37. The minimum atomic E-state index is -1.20. The van der Waals surface area contributed by atoms with Crippen molar-refractivity contribution in [2.24, 2.45) is 0 Å². The van der Waals surface area contributed by atoms with Crippen molar-refractivity contribution in [3.63, 3.8) is 0 Å². The van der Waals surface area contributed by atoms with Gasteiger partial charge in [0.25, 0.3) is 5.56 Å². The number of hydrogen-bond acceptors (Lipinski definition) is 5. The summed E-state index contributed by atoms with van der Waals surface area (Å²) in [6.45, 7) is 3.95. The van der Waals surface area contributed by atoms with E-state index in [1.165, 1.54) is 10.9 Å². The molecule has 2 aromatic heterocycles. The van der Waals surface area contributed by atoms with E-state index in [4.69, 9.17) is 5.11 Å². The van der Waals surface area contributed by atoms with Gasteiger partial charge < -0.3 is 14.8 Å². The third-order valence-electron chi connectivity index (χ3n) is 4.16. The number of hydrogen-bond donors (Lipinski definition) is 2. The van der Waals surface area contributed by atoms with Crippen LogP contribution >= 0.6 is 0 Å². The van der Waals surface area contributed by atoms with E-state index in [2.05, 4.69) is 10.3 Å². The molecule has 0 radical (unpaired) electrons. The summed E-state index contributed by atoms with van der Waals surface area (Å²) < 4.78 is 3.01. The number of aromatic nitrogens is 4. The normalized spacial score (nSPS) is 11.5. The Bertz CT molecular complexity index is 1010. The largest absolute Gasteiger partial charge is 0.476 e. The smallest absolute Gasteiger partial charge is 0.358 e. The van der Waals surface area contributed by atoms with Gasteiger partial charge in [-0.15, -0.1) is 5.10 Å². The molecule has 0 atom stereocenters. The number of rotatable bonds is 6. The molecule has 0 aliphatic heterocycles. The highest BCUT2D eigenvalue weighted by Crippen LogP contribution is 2.15. The van der Waals surface area contributed by atoms with Gasteiger partial charge in [-0.3, -0.25) is 4.79 Å². The highest BCUT2D eigenvalue weighted by atomic mass is 16.4. The number of nitrogens with zero attached hydrogens (tertiary/aromatic N) is 4. The van der Waals surface area contributed by atoms with Crippen molar-refractivity contribution < 1.29 is 15.0 Å². The molecule has 140 valence electrons. The molecule has 8 heteroatoms. The molecule has 0 amide bonds. The maximum atomic E-state index is 12.5. The molecule has 0 spiro atoms. The highest BCUT2D eigenvalue weighted by molar-refractivity contribution is 5.84. The van der Waals surface area contributed by atoms with Crippen molar-refractivity contribution in [2.45, 2.75) is 32.5 Å². The first kappa shape index (κ1) is 18.5. The average Bonchev–Trinajstić information content (AvgIpc) is 3.06. The van der Waals surface area contributed by atoms with Crippen LogP contribution in [-0.2, 0) is 18.7 Å². The summed E-state index contributed by atoms with van der Waals surface area (Å²) in [5.41, 5.74) is 0.686. The Morgan fingerprint density at radius 1 is 1.11 bits per heavy atom. The molecular formula is C19H20N4O4. The summed E-state index contributed by atoms with van der Waals surface area (Å²) in [5, 5.41) is 26.3. The summed E-state index contributed by atoms with van der Waals surface area (Å²) in [5.74, 6) is -1.12. The zero-order valence-electron chi connectivity index (χ0n) is 15.0. The second-order valence-electron chi connectivity index (χ2n) is 6.84. The first-order chi connectivity index (χ1) is 12.7. The Labute approximate surface area is 155 Å². The van der Waals surface area contributed by atoms with Crippen molar-refractivity contribution >= 4 is 5.97 Å². The van der Waals surface area contributed by atoms with E-state index in [-0.39, 0.29) is 11.3 Å². The molecule has 2 heterocycles. The predicted octanol–water partition coefficient (Wildman–Crippen LogP) is 1.46. The number of carboxylic acid groups (broad SMARTS) is 1. The van der Waals surface area contributed by atoms with Crippen molar-refractivity contribution in [1.82, 2.24) is 19.6 Å². The van der Waals surface area contributed by atoms with Gasteiger partial charge in [-0.05, 0) is 37.1 Å². The quantitative estimate of drug-likeness (QED) is 0.682. The SMILES string of the molecule is CC(C)(O)c1cccn(Cc2ccc(Cn3cc(C(=O)O)nn3)cc2)c1=O. The number of aromatic carboxylic acids is 1. The van der Waals surface area contributed by atoms with Crippen molar-refractivity contribution in [3.8, 4) is 0 Å². The zero-order valence-corrected chi connectivity index (χ0v) is 15.0. The molecule has 1 aromatic carbocycles. The van der Waals surface area contributed by atoms with Crippen LogP contribution < -0.4 is 5.56 Å². The highest BCUT2D eigenvalue weighted by Gasteiger charge is 2.20. The van der Waals surface area contributed by atoms with Crippen LogP contribution in [0.2, 0.25) is 0 Å². The van der Waals surface area contributed by atoms with Gasteiger partial charge in [0, 0.05) is 11.8 Å². The molecule has 0 saturated carbocycles. The van der Waals surface area contributed by atoms with Crippen molar-refractivity contribution in [2.75, 3.05) is 0 Å². The molecule has 0 bridgehead atoms. The molecule has 3 rings (SSSR count).